The highest BCUT2D eigenvalue weighted by molar-refractivity contribution is 9.10. The molecule has 0 aliphatic rings. The number of nitrogens with two attached hydrogens (primary N) is 1. The van der Waals surface area contributed by atoms with E-state index in [9.17, 15) is 4.79 Å². The molecule has 0 aliphatic heterocycles. The number of hydrogen-bond acceptors (Lipinski definition) is 3. The third kappa shape index (κ3) is 2.20. The van der Waals surface area contributed by atoms with E-state index < -0.39 is 5.97 Å². The predicted molar refractivity (Wildman–Crippen MR) is 47.7 cm³/mol. The molecule has 5 heteroatoms. The molecule has 0 fully saturated rings. The van der Waals surface area contributed by atoms with Crippen LogP contribution < -0.4 is 5.73 Å². The van der Waals surface area contributed by atoms with Gasteiger partial charge in [-0.15, -0.1) is 0 Å². The molecule has 3 N–H and O–H groups in total. The average Bonchev–Trinajstić information content (AvgIpc) is 1.94. The molecule has 1 heterocycles. The maximum absolute atomic E-state index is 10.3. The van der Waals surface area contributed by atoms with Crippen molar-refractivity contribution in [2.45, 2.75) is 6.42 Å². The highest BCUT2D eigenvalue weighted by Crippen LogP contribution is 2.15. The lowest BCUT2D eigenvalue weighted by Crippen LogP contribution is -2.04. The van der Waals surface area contributed by atoms with Crippen LogP contribution in [0.3, 0.4) is 0 Å². The molecule has 4 nitrogen and oxygen atoms in total. The second kappa shape index (κ2) is 3.53. The molecule has 0 unspecified atom stereocenters. The molecule has 1 aromatic heterocycles. The van der Waals surface area contributed by atoms with E-state index in [1.165, 1.54) is 6.20 Å². The summed E-state index contributed by atoms with van der Waals surface area (Å²) < 4.78 is 0.606. The Hall–Kier alpha value is -1.10. The van der Waals surface area contributed by atoms with Gasteiger partial charge in [0, 0.05) is 17.4 Å². The van der Waals surface area contributed by atoms with E-state index in [4.69, 9.17) is 10.8 Å². The minimum absolute atomic E-state index is 0.0912. The normalized spacial score (nSPS) is 9.75. The van der Waals surface area contributed by atoms with Gasteiger partial charge in [0.2, 0.25) is 0 Å². The summed E-state index contributed by atoms with van der Waals surface area (Å²) in [6.07, 6.45) is 1.36. The number of aromatic nitrogens is 1. The molecule has 0 aliphatic carbocycles. The second-order valence-corrected chi connectivity index (χ2v) is 3.09. The van der Waals surface area contributed by atoms with Crippen molar-refractivity contribution >= 4 is 27.6 Å². The monoisotopic (exact) mass is 230 g/mol. The van der Waals surface area contributed by atoms with Gasteiger partial charge in [0.15, 0.2) is 0 Å². The summed E-state index contributed by atoms with van der Waals surface area (Å²) in [6, 6.07) is 1.58. The van der Waals surface area contributed by atoms with E-state index in [1.54, 1.807) is 6.07 Å². The van der Waals surface area contributed by atoms with Crippen LogP contribution in [0.2, 0.25) is 0 Å². The van der Waals surface area contributed by atoms with E-state index in [-0.39, 0.29) is 6.42 Å². The maximum Gasteiger partial charge on any atom is 0.307 e. The third-order valence-corrected chi connectivity index (χ3v) is 1.76. The summed E-state index contributed by atoms with van der Waals surface area (Å²) in [4.78, 5) is 14.2. The number of rotatable bonds is 2. The van der Waals surface area contributed by atoms with Crippen LogP contribution in [-0.4, -0.2) is 16.1 Å². The topological polar surface area (TPSA) is 76.2 Å². The van der Waals surface area contributed by atoms with E-state index in [1.807, 2.05) is 0 Å². The number of carbonyl (C=O) groups is 1. The van der Waals surface area contributed by atoms with Gasteiger partial charge in [-0.05, 0) is 22.0 Å². The molecule has 0 atom stereocenters. The fourth-order valence-electron chi connectivity index (χ4n) is 0.783. The first-order chi connectivity index (χ1) is 5.59. The predicted octanol–water partition coefficient (Wildman–Crippen LogP) is 1.05. The van der Waals surface area contributed by atoms with Gasteiger partial charge in [-0.2, -0.15) is 0 Å². The number of pyridine rings is 1. The van der Waals surface area contributed by atoms with Gasteiger partial charge in [0.05, 0.1) is 6.42 Å². The van der Waals surface area contributed by atoms with Crippen LogP contribution in [0.25, 0.3) is 0 Å². The van der Waals surface area contributed by atoms with Gasteiger partial charge < -0.3 is 10.8 Å². The van der Waals surface area contributed by atoms with Crippen LogP contribution in [0, 0.1) is 0 Å². The van der Waals surface area contributed by atoms with Crippen LogP contribution in [0.15, 0.2) is 16.9 Å². The zero-order chi connectivity index (χ0) is 9.14. The standard InChI is InChI=1S/C7H7BrN2O2/c8-6-2-5(9)4(3-10-6)1-7(11)12/h2-3H,1H2,(H2,9,10)(H,11,12). The summed E-state index contributed by atoms with van der Waals surface area (Å²) in [7, 11) is 0. The number of hydrogen-bond donors (Lipinski definition) is 2. The van der Waals surface area contributed by atoms with Crippen LogP contribution in [0.5, 0.6) is 0 Å². The number of nitrogens with zero attached hydrogens (tertiary/aromatic N) is 1. The zero-order valence-electron chi connectivity index (χ0n) is 6.12. The molecule has 0 radical (unpaired) electrons. The smallest absolute Gasteiger partial charge is 0.307 e. The molecule has 0 aromatic carbocycles. The average molecular weight is 231 g/mol. The van der Waals surface area contributed by atoms with Crippen molar-refractivity contribution in [1.82, 2.24) is 4.98 Å². The van der Waals surface area contributed by atoms with Gasteiger partial charge in [-0.1, -0.05) is 0 Å². The lowest BCUT2D eigenvalue weighted by molar-refractivity contribution is -0.136. The molecule has 0 amide bonds. The summed E-state index contributed by atoms with van der Waals surface area (Å²) in [5, 5.41) is 8.47. The molecule has 0 bridgehead atoms. The minimum Gasteiger partial charge on any atom is -0.481 e. The quantitative estimate of drug-likeness (QED) is 0.746. The van der Waals surface area contributed by atoms with Crippen LogP contribution >= 0.6 is 15.9 Å². The SMILES string of the molecule is Nc1cc(Br)ncc1CC(=O)O. The first-order valence-corrected chi connectivity index (χ1v) is 4.00. The Kier molecular flexibility index (Phi) is 2.65. The summed E-state index contributed by atoms with van der Waals surface area (Å²) in [5.74, 6) is -0.911. The molecular formula is C7H7BrN2O2. The first-order valence-electron chi connectivity index (χ1n) is 3.21. The van der Waals surface area contributed by atoms with Crippen molar-refractivity contribution in [3.8, 4) is 0 Å². The minimum atomic E-state index is -0.911. The first kappa shape index (κ1) is 8.99. The molecule has 0 saturated heterocycles. The molecule has 1 aromatic rings. The van der Waals surface area contributed by atoms with Crippen LogP contribution in [-0.2, 0) is 11.2 Å². The Labute approximate surface area is 77.5 Å². The largest absolute Gasteiger partial charge is 0.481 e. The van der Waals surface area contributed by atoms with E-state index in [0.717, 1.165) is 0 Å². The van der Waals surface area contributed by atoms with Crippen molar-refractivity contribution < 1.29 is 9.90 Å². The summed E-state index contributed by atoms with van der Waals surface area (Å²) in [6.45, 7) is 0. The van der Waals surface area contributed by atoms with Crippen molar-refractivity contribution in [2.24, 2.45) is 0 Å². The fourth-order valence-corrected chi connectivity index (χ4v) is 1.13. The number of carboxylic acids is 1. The highest BCUT2D eigenvalue weighted by Gasteiger charge is 2.04. The van der Waals surface area contributed by atoms with E-state index in [0.29, 0.717) is 15.9 Å². The van der Waals surface area contributed by atoms with Crippen molar-refractivity contribution in [1.29, 1.82) is 0 Å². The molecule has 1 rings (SSSR count). The molecule has 0 saturated carbocycles. The van der Waals surface area contributed by atoms with Crippen molar-refractivity contribution in [3.05, 3.63) is 22.4 Å². The van der Waals surface area contributed by atoms with E-state index in [2.05, 4.69) is 20.9 Å². The Morgan fingerprint density at radius 2 is 2.42 bits per heavy atom. The van der Waals surface area contributed by atoms with Crippen LogP contribution in [0.1, 0.15) is 5.56 Å². The zero-order valence-corrected chi connectivity index (χ0v) is 7.71. The fraction of sp³-hybridized carbons (Fsp3) is 0.143. The Bertz CT molecular complexity index is 314. The highest BCUT2D eigenvalue weighted by atomic mass is 79.9. The number of aliphatic carboxylic acids is 1. The Balaban J connectivity index is 2.93. The van der Waals surface area contributed by atoms with Gasteiger partial charge in [-0.25, -0.2) is 4.98 Å². The third-order valence-electron chi connectivity index (χ3n) is 1.33. The number of carboxylic acid groups (broad SMARTS) is 1. The lowest BCUT2D eigenvalue weighted by Gasteiger charge is -2.01. The number of nitrogen functional groups attached to an aromatic ring is 1. The molecule has 0 spiro atoms. The Morgan fingerprint density at radius 1 is 1.75 bits per heavy atom. The maximum atomic E-state index is 10.3. The number of anilines is 1. The summed E-state index contributed by atoms with van der Waals surface area (Å²) in [5.41, 5.74) is 6.51. The number of halogens is 1. The van der Waals surface area contributed by atoms with Crippen molar-refractivity contribution in [3.63, 3.8) is 0 Å². The van der Waals surface area contributed by atoms with E-state index >= 15 is 0 Å². The molecular weight excluding hydrogens is 224 g/mol. The lowest BCUT2D eigenvalue weighted by atomic mass is 10.2. The van der Waals surface area contributed by atoms with Gasteiger partial charge >= 0.3 is 5.97 Å². The summed E-state index contributed by atoms with van der Waals surface area (Å²) >= 11 is 3.12. The van der Waals surface area contributed by atoms with Gasteiger partial charge in [0.25, 0.3) is 0 Å². The molecule has 64 valence electrons. The van der Waals surface area contributed by atoms with Crippen LogP contribution in [0.4, 0.5) is 5.69 Å². The van der Waals surface area contributed by atoms with Crippen molar-refractivity contribution in [2.75, 3.05) is 5.73 Å². The van der Waals surface area contributed by atoms with Gasteiger partial charge in [0.1, 0.15) is 4.60 Å². The Morgan fingerprint density at radius 3 is 2.92 bits per heavy atom. The molecule has 12 heavy (non-hydrogen) atoms. The van der Waals surface area contributed by atoms with Gasteiger partial charge in [-0.3, -0.25) is 4.79 Å². The second-order valence-electron chi connectivity index (χ2n) is 2.28.